The number of methoxy groups -OCH3 is 3. The molecule has 0 fully saturated rings. The van der Waals surface area contributed by atoms with Crippen molar-refractivity contribution in [2.45, 2.75) is 40.2 Å². The Bertz CT molecular complexity index is 1810. The molecule has 0 unspecified atom stereocenters. The minimum atomic E-state index is -1.41. The van der Waals surface area contributed by atoms with Crippen molar-refractivity contribution in [3.8, 4) is 0 Å². The first-order chi connectivity index (χ1) is 21.1. The zero-order valence-electron chi connectivity index (χ0n) is 25.9. The highest BCUT2D eigenvalue weighted by Crippen LogP contribution is 2.44. The van der Waals surface area contributed by atoms with Gasteiger partial charge in [-0.1, -0.05) is 36.4 Å². The first-order valence-corrected chi connectivity index (χ1v) is 14.7. The monoisotopic (exact) mass is 590 g/mol. The first-order valence-electron chi connectivity index (χ1n) is 14.7. The summed E-state index contributed by atoms with van der Waals surface area (Å²) in [7, 11) is 4.00. The van der Waals surface area contributed by atoms with Crippen LogP contribution in [-0.2, 0) is 43.2 Å². The van der Waals surface area contributed by atoms with E-state index < -0.39 is 17.4 Å². The molecule has 0 radical (unpaired) electrons. The number of carbonyl (C=O) groups is 3. The third-order valence-corrected chi connectivity index (χ3v) is 9.55. The SMILES string of the molecule is COC(=O)c1ccc(CN2B(c3c(C)c(C)c4c(c3C)CC(C(=O)OC)(C(=O)OC)C4)Nc3cccc4cccc2c34)cc1. The van der Waals surface area contributed by atoms with E-state index in [1.165, 1.54) is 21.3 Å². The molecule has 1 N–H and O–H groups in total. The Morgan fingerprint density at radius 2 is 1.41 bits per heavy atom. The maximum atomic E-state index is 13.1. The van der Waals surface area contributed by atoms with Crippen molar-refractivity contribution in [2.75, 3.05) is 31.4 Å². The number of anilines is 2. The Morgan fingerprint density at radius 1 is 0.795 bits per heavy atom. The number of rotatable bonds is 6. The Balaban J connectivity index is 1.51. The third-order valence-electron chi connectivity index (χ3n) is 9.55. The van der Waals surface area contributed by atoms with Gasteiger partial charge in [0.25, 0.3) is 0 Å². The van der Waals surface area contributed by atoms with Crippen LogP contribution in [0.1, 0.15) is 43.7 Å². The lowest BCUT2D eigenvalue weighted by Gasteiger charge is -2.39. The van der Waals surface area contributed by atoms with E-state index in [1.807, 2.05) is 12.1 Å². The van der Waals surface area contributed by atoms with Gasteiger partial charge in [-0.15, -0.1) is 0 Å². The van der Waals surface area contributed by atoms with E-state index in [9.17, 15) is 14.4 Å². The molecule has 0 aromatic heterocycles. The van der Waals surface area contributed by atoms with Crippen LogP contribution >= 0.6 is 0 Å². The molecule has 2 aliphatic rings. The van der Waals surface area contributed by atoms with Crippen LogP contribution < -0.4 is 15.5 Å². The largest absolute Gasteiger partial charge is 0.468 e. The summed E-state index contributed by atoms with van der Waals surface area (Å²) >= 11 is 0. The highest BCUT2D eigenvalue weighted by Gasteiger charge is 2.54. The predicted molar refractivity (Wildman–Crippen MR) is 171 cm³/mol. The molecule has 1 aliphatic carbocycles. The lowest BCUT2D eigenvalue weighted by Crippen LogP contribution is -2.57. The zero-order valence-corrected chi connectivity index (χ0v) is 25.9. The van der Waals surface area contributed by atoms with Gasteiger partial charge < -0.3 is 24.2 Å². The van der Waals surface area contributed by atoms with Gasteiger partial charge in [-0.25, -0.2) is 4.79 Å². The highest BCUT2D eigenvalue weighted by atomic mass is 16.5. The van der Waals surface area contributed by atoms with Crippen molar-refractivity contribution in [3.63, 3.8) is 0 Å². The Hall–Kier alpha value is -4.79. The fourth-order valence-corrected chi connectivity index (χ4v) is 7.15. The predicted octanol–water partition coefficient (Wildman–Crippen LogP) is 4.81. The number of hydrogen-bond acceptors (Lipinski definition) is 8. The van der Waals surface area contributed by atoms with Crippen LogP contribution in [0.4, 0.5) is 11.4 Å². The number of esters is 3. The molecule has 1 heterocycles. The lowest BCUT2D eigenvalue weighted by molar-refractivity contribution is -0.168. The van der Waals surface area contributed by atoms with Gasteiger partial charge in [0.05, 0.1) is 26.9 Å². The van der Waals surface area contributed by atoms with Gasteiger partial charge >= 0.3 is 24.9 Å². The average molecular weight is 590 g/mol. The summed E-state index contributed by atoms with van der Waals surface area (Å²) in [5.41, 5.74) is 8.52. The van der Waals surface area contributed by atoms with Crippen LogP contribution in [0, 0.1) is 26.2 Å². The molecule has 6 rings (SSSR count). The molecule has 4 aromatic carbocycles. The second kappa shape index (κ2) is 11.0. The lowest BCUT2D eigenvalue weighted by atomic mass is 9.59. The van der Waals surface area contributed by atoms with E-state index in [2.05, 4.69) is 67.2 Å². The van der Waals surface area contributed by atoms with Crippen LogP contribution in [0.15, 0.2) is 60.7 Å². The summed E-state index contributed by atoms with van der Waals surface area (Å²) in [5, 5.41) is 6.12. The molecule has 0 atom stereocenters. The standard InChI is InChI=1S/C35H35BN2O6/c1-20-21(2)31(22(3)27-18-35(17-26(20)27,33(40)43-5)34(41)44-6)36-37-28-11-7-9-24-10-8-12-29(30(24)28)38(36)19-23-13-15-25(16-14-23)32(39)42-4/h7-16,37H,17-19H2,1-6H3. The highest BCUT2D eigenvalue weighted by molar-refractivity contribution is 6.81. The van der Waals surface area contributed by atoms with Crippen molar-refractivity contribution in [3.05, 3.63) is 99.6 Å². The summed E-state index contributed by atoms with van der Waals surface area (Å²) < 4.78 is 15.2. The van der Waals surface area contributed by atoms with E-state index in [4.69, 9.17) is 14.2 Å². The fraction of sp³-hybridized carbons (Fsp3) is 0.286. The van der Waals surface area contributed by atoms with E-state index >= 15 is 0 Å². The van der Waals surface area contributed by atoms with Crippen LogP contribution in [0.3, 0.4) is 0 Å². The van der Waals surface area contributed by atoms with E-state index in [0.29, 0.717) is 12.1 Å². The van der Waals surface area contributed by atoms with Gasteiger partial charge in [0.1, 0.15) is 0 Å². The number of ether oxygens (including phenoxy) is 3. The molecule has 4 aromatic rings. The van der Waals surface area contributed by atoms with Crippen LogP contribution in [-0.4, -0.2) is 46.2 Å². The van der Waals surface area contributed by atoms with Crippen LogP contribution in [0.5, 0.6) is 0 Å². The molecule has 1 aliphatic heterocycles. The van der Waals surface area contributed by atoms with Gasteiger partial charge in [-0.2, -0.15) is 0 Å². The van der Waals surface area contributed by atoms with E-state index in [-0.39, 0.29) is 25.8 Å². The Morgan fingerprint density at radius 3 is 2.02 bits per heavy atom. The zero-order chi connectivity index (χ0) is 31.3. The summed E-state index contributed by atoms with van der Waals surface area (Å²) in [4.78, 5) is 40.7. The molecule has 0 spiro atoms. The molecule has 0 saturated carbocycles. The minimum absolute atomic E-state index is 0.218. The topological polar surface area (TPSA) is 94.2 Å². The normalized spacial score (nSPS) is 14.6. The van der Waals surface area contributed by atoms with Gasteiger partial charge in [0.2, 0.25) is 0 Å². The van der Waals surface area contributed by atoms with Crippen molar-refractivity contribution >= 4 is 52.5 Å². The second-order valence-electron chi connectivity index (χ2n) is 11.7. The maximum absolute atomic E-state index is 13.1. The second-order valence-corrected chi connectivity index (χ2v) is 11.7. The van der Waals surface area contributed by atoms with E-state index in [0.717, 1.165) is 61.0 Å². The minimum Gasteiger partial charge on any atom is -0.468 e. The van der Waals surface area contributed by atoms with Crippen molar-refractivity contribution in [1.29, 1.82) is 0 Å². The van der Waals surface area contributed by atoms with Crippen molar-refractivity contribution in [1.82, 2.24) is 0 Å². The van der Waals surface area contributed by atoms with E-state index in [1.54, 1.807) is 12.1 Å². The molecule has 9 heteroatoms. The van der Waals surface area contributed by atoms with Crippen molar-refractivity contribution in [2.24, 2.45) is 5.41 Å². The fourth-order valence-electron chi connectivity index (χ4n) is 7.15. The summed E-state index contributed by atoms with van der Waals surface area (Å²) in [6.45, 7) is 6.56. The Labute approximate surface area is 257 Å². The van der Waals surface area contributed by atoms with Gasteiger partial charge in [0.15, 0.2) is 5.41 Å². The van der Waals surface area contributed by atoms with Gasteiger partial charge in [0, 0.05) is 36.1 Å². The molecular weight excluding hydrogens is 555 g/mol. The van der Waals surface area contributed by atoms with Crippen LogP contribution in [0.2, 0.25) is 0 Å². The number of nitrogens with zero attached hydrogens (tertiary/aromatic N) is 1. The average Bonchev–Trinajstić information content (AvgIpc) is 3.47. The third kappa shape index (κ3) is 4.41. The molecule has 224 valence electrons. The molecule has 0 saturated heterocycles. The summed E-state index contributed by atoms with van der Waals surface area (Å²) in [5.74, 6) is -1.53. The van der Waals surface area contributed by atoms with Crippen molar-refractivity contribution < 1.29 is 28.6 Å². The molecule has 0 amide bonds. The molecular formula is C35H35BN2O6. The number of hydrogen-bond donors (Lipinski definition) is 1. The molecule has 44 heavy (non-hydrogen) atoms. The number of fused-ring (bicyclic) bond motifs is 1. The molecule has 0 bridgehead atoms. The summed E-state index contributed by atoms with van der Waals surface area (Å²) in [6, 6.07) is 20.1. The van der Waals surface area contributed by atoms with Crippen LogP contribution in [0.25, 0.3) is 10.8 Å². The van der Waals surface area contributed by atoms with Gasteiger partial charge in [-0.3, -0.25) is 9.59 Å². The number of carbonyl (C=O) groups excluding carboxylic acids is 3. The van der Waals surface area contributed by atoms with Gasteiger partial charge in [-0.05, 0) is 89.3 Å². The number of benzene rings is 4. The summed E-state index contributed by atoms with van der Waals surface area (Å²) in [6.07, 6.45) is 0.460. The number of nitrogens with one attached hydrogen (secondary N) is 1. The quantitative estimate of drug-likeness (QED) is 0.148. The smallest absolute Gasteiger partial charge is 0.409 e. The first kappa shape index (κ1) is 29.3. The Kier molecular flexibility index (Phi) is 7.36. The maximum Gasteiger partial charge on any atom is 0.409 e. The molecule has 8 nitrogen and oxygen atoms in total.